The van der Waals surface area contributed by atoms with Gasteiger partial charge in [0, 0.05) is 32.7 Å². The second-order valence-electron chi connectivity index (χ2n) is 10.9. The van der Waals surface area contributed by atoms with Gasteiger partial charge in [-0.15, -0.1) is 0 Å². The van der Waals surface area contributed by atoms with Crippen molar-refractivity contribution in [3.05, 3.63) is 78.4 Å². The van der Waals surface area contributed by atoms with Crippen LogP contribution in [0.3, 0.4) is 0 Å². The van der Waals surface area contributed by atoms with Gasteiger partial charge in [0.15, 0.2) is 5.96 Å². The molecule has 2 amide bonds. The summed E-state index contributed by atoms with van der Waals surface area (Å²) in [6.07, 6.45) is 0.609. The Bertz CT molecular complexity index is 1590. The molecule has 3 aromatic rings. The van der Waals surface area contributed by atoms with Crippen molar-refractivity contribution in [1.29, 1.82) is 5.41 Å². The molecule has 0 aliphatic carbocycles. The quantitative estimate of drug-likeness (QED) is 0.142. The van der Waals surface area contributed by atoms with Crippen molar-refractivity contribution in [3.8, 4) is 0 Å². The van der Waals surface area contributed by atoms with Crippen LogP contribution in [-0.2, 0) is 31.0 Å². The highest BCUT2D eigenvalue weighted by Gasteiger charge is 2.32. The molecule has 44 heavy (non-hydrogen) atoms. The van der Waals surface area contributed by atoms with Gasteiger partial charge in [0.05, 0.1) is 17.7 Å². The van der Waals surface area contributed by atoms with Crippen LogP contribution in [0.15, 0.2) is 77.7 Å². The summed E-state index contributed by atoms with van der Waals surface area (Å²) in [7, 11) is -4.26. The molecule has 1 atom stereocenters. The Balaban J connectivity index is 1.54. The lowest BCUT2D eigenvalue weighted by atomic mass is 9.97. The fourth-order valence-corrected chi connectivity index (χ4v) is 6.41. The zero-order valence-electron chi connectivity index (χ0n) is 24.3. The molecule has 1 aliphatic heterocycles. The zero-order chi connectivity index (χ0) is 31.7. The number of piperidine rings is 1. The number of sulfonamides is 1. The van der Waals surface area contributed by atoms with E-state index in [0.29, 0.717) is 25.0 Å². The minimum Gasteiger partial charge on any atom is -0.481 e. The highest BCUT2D eigenvalue weighted by atomic mass is 32.2. The minimum atomic E-state index is -4.26. The van der Waals surface area contributed by atoms with Gasteiger partial charge in [-0.3, -0.25) is 19.8 Å². The average molecular weight is 623 g/mol. The summed E-state index contributed by atoms with van der Waals surface area (Å²) in [5.41, 5.74) is 6.29. The Morgan fingerprint density at radius 3 is 2.32 bits per heavy atom. The summed E-state index contributed by atoms with van der Waals surface area (Å²) in [4.78, 5) is 41.4. The van der Waals surface area contributed by atoms with Crippen LogP contribution in [0.2, 0.25) is 0 Å². The first-order valence-electron chi connectivity index (χ1n) is 14.4. The Morgan fingerprint density at radius 1 is 1.00 bits per heavy atom. The lowest BCUT2D eigenvalue weighted by Crippen LogP contribution is -2.51. The molecule has 0 aromatic heterocycles. The maximum Gasteiger partial charge on any atom is 0.305 e. The molecule has 1 fully saturated rings. The number of carbonyl (C=O) groups is 3. The first-order valence-corrected chi connectivity index (χ1v) is 15.9. The molecule has 6 N–H and O–H groups in total. The van der Waals surface area contributed by atoms with Crippen LogP contribution >= 0.6 is 0 Å². The largest absolute Gasteiger partial charge is 0.481 e. The Labute approximate surface area is 256 Å². The molecule has 234 valence electrons. The fraction of sp³-hybridized carbons (Fsp3) is 0.355. The highest BCUT2D eigenvalue weighted by Crippen LogP contribution is 2.20. The molecule has 0 bridgehead atoms. The number of benzene rings is 3. The number of guanidine groups is 1. The average Bonchev–Trinajstić information content (AvgIpc) is 3.01. The van der Waals surface area contributed by atoms with Gasteiger partial charge < -0.3 is 26.0 Å². The second kappa shape index (κ2) is 14.8. The van der Waals surface area contributed by atoms with Crippen molar-refractivity contribution in [2.75, 3.05) is 26.2 Å². The minimum absolute atomic E-state index is 0.00971. The summed E-state index contributed by atoms with van der Waals surface area (Å²) in [6.45, 7) is 1.39. The van der Waals surface area contributed by atoms with E-state index in [1.54, 1.807) is 47.4 Å². The number of hydrogen-bond acceptors (Lipinski definition) is 6. The molecule has 3 aromatic carbocycles. The molecule has 12 nitrogen and oxygen atoms in total. The van der Waals surface area contributed by atoms with Crippen molar-refractivity contribution >= 4 is 44.5 Å². The van der Waals surface area contributed by atoms with Crippen LogP contribution in [0.25, 0.3) is 10.8 Å². The van der Waals surface area contributed by atoms with E-state index in [1.807, 2.05) is 18.2 Å². The van der Waals surface area contributed by atoms with Crippen molar-refractivity contribution in [2.24, 2.45) is 11.7 Å². The molecule has 1 heterocycles. The van der Waals surface area contributed by atoms with Gasteiger partial charge in [-0.25, -0.2) is 8.42 Å². The van der Waals surface area contributed by atoms with Crippen molar-refractivity contribution in [1.82, 2.24) is 19.8 Å². The van der Waals surface area contributed by atoms with E-state index in [4.69, 9.17) is 11.1 Å². The number of nitrogens with two attached hydrogens (primary N) is 1. The monoisotopic (exact) mass is 622 g/mol. The number of rotatable bonds is 13. The van der Waals surface area contributed by atoms with Gasteiger partial charge in [0.1, 0.15) is 6.04 Å². The Kier molecular flexibility index (Phi) is 10.9. The predicted molar refractivity (Wildman–Crippen MR) is 166 cm³/mol. The van der Waals surface area contributed by atoms with E-state index in [9.17, 15) is 27.9 Å². The van der Waals surface area contributed by atoms with Gasteiger partial charge in [0.2, 0.25) is 21.8 Å². The molecule has 13 heteroatoms. The standard InChI is InChI=1S/C31H38N6O6S/c32-31(33)36-15-12-22(13-16-36)20-34-28(38)19-27(30(41)37(17-14-29(39)40)21-23-6-2-1-3-7-23)35-44(42,43)26-11-10-24-8-4-5-9-25(24)18-26/h1-11,18,22,27,35H,12-17,19-21H2,(H3,32,33)(H,34,38)(H,39,40)/t27-/m0/s1. The predicted octanol–water partition coefficient (Wildman–Crippen LogP) is 2.10. The molecular weight excluding hydrogens is 584 g/mol. The summed E-state index contributed by atoms with van der Waals surface area (Å²) in [6, 6.07) is 19.3. The van der Waals surface area contributed by atoms with Crippen LogP contribution in [-0.4, -0.2) is 79.3 Å². The molecule has 0 unspecified atom stereocenters. The van der Waals surface area contributed by atoms with E-state index in [2.05, 4.69) is 10.0 Å². The molecule has 1 aliphatic rings. The third-order valence-electron chi connectivity index (χ3n) is 7.68. The van der Waals surface area contributed by atoms with Crippen LogP contribution < -0.4 is 15.8 Å². The smallest absolute Gasteiger partial charge is 0.305 e. The molecule has 0 radical (unpaired) electrons. The van der Waals surface area contributed by atoms with Gasteiger partial charge in [0.25, 0.3) is 0 Å². The van der Waals surface area contributed by atoms with E-state index in [-0.39, 0.29) is 36.3 Å². The number of aliphatic carboxylic acids is 1. The number of amides is 2. The van der Waals surface area contributed by atoms with Gasteiger partial charge in [-0.1, -0.05) is 60.7 Å². The number of carboxylic acid groups (broad SMARTS) is 1. The number of nitrogens with one attached hydrogen (secondary N) is 3. The van der Waals surface area contributed by atoms with E-state index < -0.39 is 40.3 Å². The van der Waals surface area contributed by atoms with Crippen molar-refractivity contribution in [2.45, 2.75) is 43.2 Å². The number of nitrogens with zero attached hydrogens (tertiary/aromatic N) is 2. The topological polar surface area (TPSA) is 186 Å². The SMILES string of the molecule is N=C(N)N1CCC(CNC(=O)C[C@H](NS(=O)(=O)c2ccc3ccccc3c2)C(=O)N(CCC(=O)O)Cc2ccccc2)CC1. The van der Waals surface area contributed by atoms with Gasteiger partial charge in [-0.05, 0) is 47.2 Å². The first kappa shape index (κ1) is 32.4. The molecule has 1 saturated heterocycles. The summed E-state index contributed by atoms with van der Waals surface area (Å²) in [5.74, 6) is -2.18. The van der Waals surface area contributed by atoms with E-state index >= 15 is 0 Å². The summed E-state index contributed by atoms with van der Waals surface area (Å²) < 4.78 is 29.6. The van der Waals surface area contributed by atoms with E-state index in [1.165, 1.54) is 17.0 Å². The number of carboxylic acids is 1. The first-order chi connectivity index (χ1) is 21.0. The second-order valence-corrected chi connectivity index (χ2v) is 12.6. The van der Waals surface area contributed by atoms with Crippen LogP contribution in [0.4, 0.5) is 0 Å². The van der Waals surface area contributed by atoms with Gasteiger partial charge in [-0.2, -0.15) is 4.72 Å². The Morgan fingerprint density at radius 2 is 1.66 bits per heavy atom. The molecule has 0 saturated carbocycles. The third kappa shape index (κ3) is 9.01. The maximum atomic E-state index is 13.9. The van der Waals surface area contributed by atoms with E-state index in [0.717, 1.165) is 23.8 Å². The fourth-order valence-electron chi connectivity index (χ4n) is 5.18. The molecule has 4 rings (SSSR count). The third-order valence-corrected chi connectivity index (χ3v) is 9.15. The Hall–Kier alpha value is -4.49. The molecule has 0 spiro atoms. The normalized spacial score (nSPS) is 14.6. The lowest BCUT2D eigenvalue weighted by Gasteiger charge is -2.32. The van der Waals surface area contributed by atoms with Crippen molar-refractivity contribution < 1.29 is 27.9 Å². The van der Waals surface area contributed by atoms with Crippen LogP contribution in [0.5, 0.6) is 0 Å². The number of fused-ring (bicyclic) bond motifs is 1. The van der Waals surface area contributed by atoms with Crippen molar-refractivity contribution in [3.63, 3.8) is 0 Å². The highest BCUT2D eigenvalue weighted by molar-refractivity contribution is 7.89. The number of carbonyl (C=O) groups excluding carboxylic acids is 2. The number of likely N-dealkylation sites (tertiary alicyclic amines) is 1. The number of hydrogen-bond donors (Lipinski definition) is 5. The van der Waals surface area contributed by atoms with Crippen LogP contribution in [0.1, 0.15) is 31.2 Å². The maximum absolute atomic E-state index is 13.9. The summed E-state index contributed by atoms with van der Waals surface area (Å²) in [5, 5.41) is 21.3. The summed E-state index contributed by atoms with van der Waals surface area (Å²) >= 11 is 0. The van der Waals surface area contributed by atoms with Crippen LogP contribution in [0, 0.1) is 11.3 Å². The lowest BCUT2D eigenvalue weighted by molar-refractivity contribution is -0.140. The van der Waals surface area contributed by atoms with Gasteiger partial charge >= 0.3 is 5.97 Å². The molecular formula is C31H38N6O6S. The zero-order valence-corrected chi connectivity index (χ0v) is 25.1.